The molecule has 1 amide bonds. The predicted molar refractivity (Wildman–Crippen MR) is 250 cm³/mol. The Kier molecular flexibility index (Phi) is 44.2. The van der Waals surface area contributed by atoms with Gasteiger partial charge in [-0.2, -0.15) is 0 Å². The summed E-state index contributed by atoms with van der Waals surface area (Å²) in [5, 5.41) is 23.6. The summed E-state index contributed by atoms with van der Waals surface area (Å²) in [5.74, 6) is -0.517. The number of hydrogen-bond acceptors (Lipinski definition) is 5. The minimum atomic E-state index is -0.796. The van der Waals surface area contributed by atoms with Crippen LogP contribution in [0.5, 0.6) is 0 Å². The fraction of sp³-hybridized carbons (Fsp3) is 0.808. The van der Waals surface area contributed by atoms with Crippen LogP contribution in [0.25, 0.3) is 0 Å². The Morgan fingerprint density at radius 3 is 1.47 bits per heavy atom. The number of carbonyl (C=O) groups is 2. The van der Waals surface area contributed by atoms with Crippen LogP contribution in [0.2, 0.25) is 0 Å². The normalized spacial score (nSPS) is 13.7. The van der Waals surface area contributed by atoms with E-state index in [0.29, 0.717) is 19.3 Å². The smallest absolute Gasteiger partial charge is 0.306 e. The summed E-state index contributed by atoms with van der Waals surface area (Å²) in [6, 6.07) is -0.712. The van der Waals surface area contributed by atoms with Crippen LogP contribution in [0.1, 0.15) is 245 Å². The number of amides is 1. The van der Waals surface area contributed by atoms with Crippen molar-refractivity contribution in [1.82, 2.24) is 5.32 Å². The molecule has 0 aliphatic heterocycles. The highest BCUT2D eigenvalue weighted by atomic mass is 16.5. The van der Waals surface area contributed by atoms with Gasteiger partial charge in [-0.25, -0.2) is 0 Å². The first-order valence-electron chi connectivity index (χ1n) is 24.9. The Morgan fingerprint density at radius 2 is 0.948 bits per heavy atom. The van der Waals surface area contributed by atoms with Crippen LogP contribution < -0.4 is 5.32 Å². The zero-order valence-corrected chi connectivity index (χ0v) is 38.4. The lowest BCUT2D eigenvalue weighted by Gasteiger charge is -2.24. The summed E-state index contributed by atoms with van der Waals surface area (Å²) in [5.41, 5.74) is 0. The van der Waals surface area contributed by atoms with E-state index in [2.05, 4.69) is 62.5 Å². The molecule has 3 unspecified atom stereocenters. The van der Waals surface area contributed by atoms with Gasteiger partial charge in [0, 0.05) is 6.42 Å². The first-order valence-corrected chi connectivity index (χ1v) is 24.9. The number of hydrogen-bond donors (Lipinski definition) is 3. The first kappa shape index (κ1) is 55.8. The van der Waals surface area contributed by atoms with Crippen molar-refractivity contribution in [3.63, 3.8) is 0 Å². The number of carbonyl (C=O) groups excluding carboxylic acids is 2. The Hall–Kier alpha value is -2.18. The van der Waals surface area contributed by atoms with Gasteiger partial charge in [-0.3, -0.25) is 9.59 Å². The average molecular weight is 814 g/mol. The van der Waals surface area contributed by atoms with Crippen molar-refractivity contribution in [2.75, 3.05) is 6.61 Å². The highest BCUT2D eigenvalue weighted by Crippen LogP contribution is 2.17. The Bertz CT molecular complexity index is 1000. The first-order chi connectivity index (χ1) is 28.5. The number of unbranched alkanes of at least 4 members (excludes halogenated alkanes) is 26. The van der Waals surface area contributed by atoms with Crippen molar-refractivity contribution in [2.24, 2.45) is 0 Å². The van der Waals surface area contributed by atoms with Crippen molar-refractivity contribution in [3.8, 4) is 0 Å². The molecule has 0 heterocycles. The van der Waals surface area contributed by atoms with Crippen molar-refractivity contribution >= 4 is 11.9 Å². The Morgan fingerprint density at radius 1 is 0.517 bits per heavy atom. The second-order valence-corrected chi connectivity index (χ2v) is 16.9. The van der Waals surface area contributed by atoms with Gasteiger partial charge in [-0.05, 0) is 70.6 Å². The minimum Gasteiger partial charge on any atom is -0.462 e. The van der Waals surface area contributed by atoms with Crippen LogP contribution in [0.15, 0.2) is 48.6 Å². The highest BCUT2D eigenvalue weighted by Gasteiger charge is 2.24. The topological polar surface area (TPSA) is 95.9 Å². The molecule has 338 valence electrons. The molecule has 3 N–H and O–H groups in total. The molecule has 0 saturated carbocycles. The predicted octanol–water partition coefficient (Wildman–Crippen LogP) is 14.7. The van der Waals surface area contributed by atoms with Gasteiger partial charge in [0.2, 0.25) is 5.91 Å². The number of esters is 1. The van der Waals surface area contributed by atoms with E-state index >= 15 is 0 Å². The Labute approximate surface area is 359 Å². The molecule has 0 aromatic carbocycles. The fourth-order valence-electron chi connectivity index (χ4n) is 7.42. The van der Waals surface area contributed by atoms with Crippen LogP contribution in [0.4, 0.5) is 0 Å². The molecule has 0 aromatic heterocycles. The third-order valence-electron chi connectivity index (χ3n) is 11.2. The van der Waals surface area contributed by atoms with E-state index in [9.17, 15) is 19.8 Å². The Balaban J connectivity index is 4.54. The summed E-state index contributed by atoms with van der Waals surface area (Å²) in [7, 11) is 0. The van der Waals surface area contributed by atoms with Crippen molar-refractivity contribution < 1.29 is 24.5 Å². The van der Waals surface area contributed by atoms with Gasteiger partial charge in [0.15, 0.2) is 0 Å². The van der Waals surface area contributed by atoms with Crippen molar-refractivity contribution in [3.05, 3.63) is 48.6 Å². The van der Waals surface area contributed by atoms with Gasteiger partial charge < -0.3 is 20.3 Å². The summed E-state index contributed by atoms with van der Waals surface area (Å²) in [6.45, 7) is 6.32. The van der Waals surface area contributed by atoms with Gasteiger partial charge in [-0.15, -0.1) is 0 Å². The summed E-state index contributed by atoms with van der Waals surface area (Å²) >= 11 is 0. The zero-order valence-electron chi connectivity index (χ0n) is 38.4. The molecule has 0 aliphatic carbocycles. The number of ether oxygens (including phenoxy) is 1. The molecule has 0 radical (unpaired) electrons. The third kappa shape index (κ3) is 40.6. The molecule has 0 bridgehead atoms. The average Bonchev–Trinajstić information content (AvgIpc) is 3.22. The number of nitrogens with one attached hydrogen (secondary N) is 1. The van der Waals surface area contributed by atoms with Crippen molar-refractivity contribution in [2.45, 2.75) is 264 Å². The number of aliphatic hydroxyl groups excluding tert-OH is 2. The maximum absolute atomic E-state index is 13.1. The quantitative estimate of drug-likeness (QED) is 0.0246. The standard InChI is InChI=1S/C52H95NO5/c1-4-7-10-13-16-19-22-23-24-25-26-27-28-30-33-36-39-42-45-52(57)58-48(43-40-37-34-31-29-20-17-14-11-8-5-2)46-51(56)53-49(47-54)50(55)44-41-38-35-32-21-18-15-12-9-6-3/h8,11,14,17,20,26-27,29,48-50,54-55H,4-7,9-10,12-13,15-16,18-19,21-25,28,30-47H2,1-3H3,(H,53,56)/b11-8+,17-14+,27-26+,29-20-. The number of allylic oxidation sites excluding steroid dienone is 8. The molecular formula is C52H95NO5. The summed E-state index contributed by atoms with van der Waals surface area (Å²) in [4.78, 5) is 26.0. The minimum absolute atomic E-state index is 0.0514. The molecule has 0 aromatic rings. The van der Waals surface area contributed by atoms with E-state index in [1.807, 2.05) is 12.2 Å². The lowest BCUT2D eigenvalue weighted by atomic mass is 10.0. The largest absolute Gasteiger partial charge is 0.462 e. The van der Waals surface area contributed by atoms with Gasteiger partial charge in [0.1, 0.15) is 6.10 Å². The van der Waals surface area contributed by atoms with Crippen LogP contribution in [0, 0.1) is 0 Å². The third-order valence-corrected chi connectivity index (χ3v) is 11.2. The molecular weight excluding hydrogens is 719 g/mol. The molecule has 0 rings (SSSR count). The molecule has 0 aliphatic rings. The molecule has 3 atom stereocenters. The SMILES string of the molecule is CC/C=C/C=C/C=C\CCCCCC(CC(=O)NC(CO)C(O)CCCCCCCCCCCC)OC(=O)CCCCCCC/C=C/CCCCCCCCCCC. The van der Waals surface area contributed by atoms with Gasteiger partial charge >= 0.3 is 5.97 Å². The lowest BCUT2D eigenvalue weighted by Crippen LogP contribution is -2.46. The van der Waals surface area contributed by atoms with Gasteiger partial charge in [0.05, 0.1) is 25.2 Å². The molecule has 58 heavy (non-hydrogen) atoms. The van der Waals surface area contributed by atoms with Crippen molar-refractivity contribution in [1.29, 1.82) is 0 Å². The maximum atomic E-state index is 13.1. The van der Waals surface area contributed by atoms with E-state index in [0.717, 1.165) is 77.0 Å². The molecule has 6 nitrogen and oxygen atoms in total. The highest BCUT2D eigenvalue weighted by molar-refractivity contribution is 5.77. The van der Waals surface area contributed by atoms with Gasteiger partial charge in [0.25, 0.3) is 0 Å². The van der Waals surface area contributed by atoms with Crippen LogP contribution >= 0.6 is 0 Å². The van der Waals surface area contributed by atoms with Crippen LogP contribution in [-0.4, -0.2) is 46.9 Å². The second kappa shape index (κ2) is 45.9. The molecule has 0 spiro atoms. The molecule has 6 heteroatoms. The number of rotatable bonds is 44. The van der Waals surface area contributed by atoms with E-state index in [1.54, 1.807) is 0 Å². The fourth-order valence-corrected chi connectivity index (χ4v) is 7.42. The van der Waals surface area contributed by atoms with Crippen LogP contribution in [0.3, 0.4) is 0 Å². The lowest BCUT2D eigenvalue weighted by molar-refractivity contribution is -0.151. The number of aliphatic hydroxyl groups is 2. The monoisotopic (exact) mass is 814 g/mol. The summed E-state index contributed by atoms with van der Waals surface area (Å²) < 4.78 is 5.90. The van der Waals surface area contributed by atoms with E-state index < -0.39 is 18.2 Å². The summed E-state index contributed by atoms with van der Waals surface area (Å²) in [6.07, 6.45) is 54.7. The second-order valence-electron chi connectivity index (χ2n) is 16.9. The zero-order chi connectivity index (χ0) is 42.4. The van der Waals surface area contributed by atoms with E-state index in [1.165, 1.54) is 122 Å². The van der Waals surface area contributed by atoms with Gasteiger partial charge in [-0.1, -0.05) is 211 Å². The molecule has 0 saturated heterocycles. The maximum Gasteiger partial charge on any atom is 0.306 e. The van der Waals surface area contributed by atoms with E-state index in [4.69, 9.17) is 4.74 Å². The van der Waals surface area contributed by atoms with E-state index in [-0.39, 0.29) is 24.9 Å². The molecule has 0 fully saturated rings. The van der Waals surface area contributed by atoms with Crippen LogP contribution in [-0.2, 0) is 14.3 Å².